The number of aromatic nitrogens is 2. The Bertz CT molecular complexity index is 493. The quantitative estimate of drug-likeness (QED) is 0.761. The third kappa shape index (κ3) is 3.09. The van der Waals surface area contributed by atoms with Gasteiger partial charge in [-0.05, 0) is 26.0 Å². The van der Waals surface area contributed by atoms with E-state index in [-0.39, 0.29) is 0 Å². The molecule has 2 rings (SSSR count). The minimum absolute atomic E-state index is 0.797. The van der Waals surface area contributed by atoms with E-state index in [1.165, 1.54) is 10.9 Å². The van der Waals surface area contributed by atoms with Crippen molar-refractivity contribution in [1.82, 2.24) is 15.1 Å². The van der Waals surface area contributed by atoms with Gasteiger partial charge in [-0.3, -0.25) is 4.68 Å². The molecule has 98 valence electrons. The van der Waals surface area contributed by atoms with Crippen LogP contribution in [0.15, 0.2) is 24.3 Å². The predicted molar refractivity (Wildman–Crippen MR) is 73.5 cm³/mol. The summed E-state index contributed by atoms with van der Waals surface area (Å²) in [5, 5.41) is 9.19. The molecule has 0 aliphatic heterocycles. The van der Waals surface area contributed by atoms with Gasteiger partial charge in [-0.1, -0.05) is 18.2 Å². The lowest BCUT2D eigenvalue weighted by Crippen LogP contribution is -2.17. The summed E-state index contributed by atoms with van der Waals surface area (Å²) in [6, 6.07) is 8.33. The molecule has 0 bridgehead atoms. The van der Waals surface area contributed by atoms with Crippen molar-refractivity contribution in [3.63, 3.8) is 0 Å². The number of fused-ring (bicyclic) bond motifs is 1. The lowest BCUT2D eigenvalue weighted by Gasteiger charge is -2.03. The fourth-order valence-corrected chi connectivity index (χ4v) is 2.07. The first-order valence-corrected chi connectivity index (χ1v) is 6.52. The maximum Gasteiger partial charge on any atom is 0.0841 e. The topological polar surface area (TPSA) is 39.1 Å². The maximum absolute atomic E-state index is 5.30. The summed E-state index contributed by atoms with van der Waals surface area (Å²) in [4.78, 5) is 0. The number of hydrogen-bond donors (Lipinski definition) is 1. The first-order chi connectivity index (χ1) is 8.83. The fourth-order valence-electron chi connectivity index (χ4n) is 2.07. The zero-order valence-corrected chi connectivity index (χ0v) is 11.1. The molecule has 1 N–H and O–H groups in total. The molecule has 1 aromatic heterocycles. The highest BCUT2D eigenvalue weighted by Crippen LogP contribution is 2.16. The molecule has 1 aromatic carbocycles. The van der Waals surface area contributed by atoms with Gasteiger partial charge in [-0.2, -0.15) is 5.10 Å². The second kappa shape index (κ2) is 6.52. The van der Waals surface area contributed by atoms with E-state index < -0.39 is 0 Å². The number of nitrogens with one attached hydrogen (secondary N) is 1. The smallest absolute Gasteiger partial charge is 0.0841 e. The molecule has 0 saturated heterocycles. The van der Waals surface area contributed by atoms with Crippen LogP contribution in [0.5, 0.6) is 0 Å². The molecule has 0 fully saturated rings. The van der Waals surface area contributed by atoms with Gasteiger partial charge in [0.1, 0.15) is 0 Å². The first-order valence-electron chi connectivity index (χ1n) is 6.52. The van der Waals surface area contributed by atoms with Gasteiger partial charge in [0.25, 0.3) is 0 Å². The fraction of sp³-hybridized carbons (Fsp3) is 0.500. The standard InChI is InChI=1S/C14H21N3O/c1-3-18-10-6-9-15-11-13-12-7-4-5-8-14(12)17(2)16-13/h4-5,7-8,15H,3,6,9-11H2,1-2H3. The third-order valence-corrected chi connectivity index (χ3v) is 2.97. The van der Waals surface area contributed by atoms with Gasteiger partial charge >= 0.3 is 0 Å². The molecule has 0 atom stereocenters. The second-order valence-electron chi connectivity index (χ2n) is 4.31. The van der Waals surface area contributed by atoms with Crippen molar-refractivity contribution in [2.75, 3.05) is 19.8 Å². The SMILES string of the molecule is CCOCCCNCc1nn(C)c2ccccc12. The normalized spacial score (nSPS) is 11.2. The average Bonchev–Trinajstić information content (AvgIpc) is 2.71. The van der Waals surface area contributed by atoms with E-state index in [2.05, 4.69) is 28.6 Å². The second-order valence-corrected chi connectivity index (χ2v) is 4.31. The van der Waals surface area contributed by atoms with Crippen LogP contribution in [-0.2, 0) is 18.3 Å². The van der Waals surface area contributed by atoms with Crippen molar-refractivity contribution in [2.45, 2.75) is 19.9 Å². The summed E-state index contributed by atoms with van der Waals surface area (Å²) in [5.74, 6) is 0. The number of aryl methyl sites for hydroxylation is 1. The van der Waals surface area contributed by atoms with Crippen LogP contribution < -0.4 is 5.32 Å². The number of benzene rings is 1. The van der Waals surface area contributed by atoms with Crippen molar-refractivity contribution >= 4 is 10.9 Å². The highest BCUT2D eigenvalue weighted by Gasteiger charge is 2.06. The largest absolute Gasteiger partial charge is 0.382 e. The Labute approximate surface area is 108 Å². The van der Waals surface area contributed by atoms with Crippen molar-refractivity contribution < 1.29 is 4.74 Å². The average molecular weight is 247 g/mol. The lowest BCUT2D eigenvalue weighted by molar-refractivity contribution is 0.144. The number of rotatable bonds is 7. The van der Waals surface area contributed by atoms with Crippen molar-refractivity contribution in [2.24, 2.45) is 7.05 Å². The number of ether oxygens (including phenoxy) is 1. The molecule has 0 spiro atoms. The molecule has 0 unspecified atom stereocenters. The van der Waals surface area contributed by atoms with Crippen molar-refractivity contribution in [1.29, 1.82) is 0 Å². The van der Waals surface area contributed by atoms with Crippen LogP contribution in [0, 0.1) is 0 Å². The van der Waals surface area contributed by atoms with E-state index in [9.17, 15) is 0 Å². The van der Waals surface area contributed by atoms with Gasteiger partial charge in [0, 0.05) is 32.2 Å². The van der Waals surface area contributed by atoms with Crippen LogP contribution in [0.25, 0.3) is 10.9 Å². The minimum atomic E-state index is 0.797. The van der Waals surface area contributed by atoms with Gasteiger partial charge in [0.05, 0.1) is 11.2 Å². The number of para-hydroxylation sites is 1. The summed E-state index contributed by atoms with van der Waals surface area (Å²) < 4.78 is 7.24. The van der Waals surface area contributed by atoms with E-state index in [0.717, 1.165) is 38.4 Å². The molecule has 4 nitrogen and oxygen atoms in total. The maximum atomic E-state index is 5.30. The molecular weight excluding hydrogens is 226 g/mol. The van der Waals surface area contributed by atoms with E-state index >= 15 is 0 Å². The Hall–Kier alpha value is -1.39. The first kappa shape index (κ1) is 13.1. The van der Waals surface area contributed by atoms with Crippen molar-refractivity contribution in [3.05, 3.63) is 30.0 Å². The van der Waals surface area contributed by atoms with Crippen molar-refractivity contribution in [3.8, 4) is 0 Å². The van der Waals surface area contributed by atoms with Gasteiger partial charge in [0.15, 0.2) is 0 Å². The third-order valence-electron chi connectivity index (χ3n) is 2.97. The predicted octanol–water partition coefficient (Wildman–Crippen LogP) is 2.09. The summed E-state index contributed by atoms with van der Waals surface area (Å²) >= 11 is 0. The van der Waals surface area contributed by atoms with Crippen LogP contribution in [0.4, 0.5) is 0 Å². The molecule has 0 saturated carbocycles. The highest BCUT2D eigenvalue weighted by atomic mass is 16.5. The van der Waals surface area contributed by atoms with E-state index in [4.69, 9.17) is 4.74 Å². The van der Waals surface area contributed by atoms with Crippen LogP contribution >= 0.6 is 0 Å². The Morgan fingerprint density at radius 1 is 1.33 bits per heavy atom. The van der Waals surface area contributed by atoms with Crippen LogP contribution in [0.1, 0.15) is 19.0 Å². The monoisotopic (exact) mass is 247 g/mol. The summed E-state index contributed by atoms with van der Waals surface area (Å²) in [5.41, 5.74) is 2.30. The number of nitrogens with zero attached hydrogens (tertiary/aromatic N) is 2. The Morgan fingerprint density at radius 2 is 2.17 bits per heavy atom. The van der Waals surface area contributed by atoms with Gasteiger partial charge < -0.3 is 10.1 Å². The molecule has 0 aliphatic rings. The summed E-state index contributed by atoms with van der Waals surface area (Å²) in [6.07, 6.45) is 1.04. The summed E-state index contributed by atoms with van der Waals surface area (Å²) in [7, 11) is 1.99. The molecule has 2 aromatic rings. The van der Waals surface area contributed by atoms with Crippen LogP contribution in [-0.4, -0.2) is 29.5 Å². The Morgan fingerprint density at radius 3 is 3.00 bits per heavy atom. The Kier molecular flexibility index (Phi) is 4.73. The van der Waals surface area contributed by atoms with Gasteiger partial charge in [0.2, 0.25) is 0 Å². The summed E-state index contributed by atoms with van der Waals surface area (Å²) in [6.45, 7) is 5.42. The molecule has 1 heterocycles. The van der Waals surface area contributed by atoms with Crippen LogP contribution in [0.2, 0.25) is 0 Å². The zero-order valence-electron chi connectivity index (χ0n) is 11.1. The van der Waals surface area contributed by atoms with E-state index in [1.807, 2.05) is 24.7 Å². The molecule has 4 heteroatoms. The van der Waals surface area contributed by atoms with E-state index in [1.54, 1.807) is 0 Å². The molecule has 0 amide bonds. The van der Waals surface area contributed by atoms with Crippen LogP contribution in [0.3, 0.4) is 0 Å². The molecular formula is C14H21N3O. The lowest BCUT2D eigenvalue weighted by atomic mass is 10.2. The highest BCUT2D eigenvalue weighted by molar-refractivity contribution is 5.81. The molecule has 0 radical (unpaired) electrons. The van der Waals surface area contributed by atoms with Gasteiger partial charge in [-0.15, -0.1) is 0 Å². The number of hydrogen-bond acceptors (Lipinski definition) is 3. The minimum Gasteiger partial charge on any atom is -0.382 e. The van der Waals surface area contributed by atoms with E-state index in [0.29, 0.717) is 0 Å². The molecule has 0 aliphatic carbocycles. The molecule has 18 heavy (non-hydrogen) atoms. The van der Waals surface area contributed by atoms with Gasteiger partial charge in [-0.25, -0.2) is 0 Å². The zero-order chi connectivity index (χ0) is 12.8. The Balaban J connectivity index is 1.88.